The largest absolute Gasteiger partial charge is 0.271 e. The summed E-state index contributed by atoms with van der Waals surface area (Å²) >= 11 is 5.28. The highest BCUT2D eigenvalue weighted by atomic mass is 79.9. The average molecular weight is 319 g/mol. The summed E-state index contributed by atoms with van der Waals surface area (Å²) in [6, 6.07) is 5.24. The normalized spacial score (nSPS) is 21.7. The van der Waals surface area contributed by atoms with E-state index in [0.29, 0.717) is 5.92 Å². The molecule has 0 saturated carbocycles. The van der Waals surface area contributed by atoms with E-state index in [1.165, 1.54) is 18.2 Å². The molecule has 1 aromatic carbocycles. The van der Waals surface area contributed by atoms with Crippen molar-refractivity contribution in [2.24, 2.45) is 11.8 Å². The van der Waals surface area contributed by atoms with Gasteiger partial charge >= 0.3 is 0 Å². The lowest BCUT2D eigenvalue weighted by molar-refractivity contribution is 0.385. The fourth-order valence-electron chi connectivity index (χ4n) is 2.21. The molecule has 0 aromatic heterocycles. The van der Waals surface area contributed by atoms with Crippen LogP contribution >= 0.6 is 27.7 Å². The Labute approximate surface area is 114 Å². The maximum atomic E-state index is 13.3. The molecule has 1 aliphatic heterocycles. The van der Waals surface area contributed by atoms with Gasteiger partial charge in [0, 0.05) is 10.5 Å². The summed E-state index contributed by atoms with van der Waals surface area (Å²) in [7, 11) is 0. The van der Waals surface area contributed by atoms with Gasteiger partial charge in [-0.15, -0.1) is 0 Å². The van der Waals surface area contributed by atoms with Gasteiger partial charge in [0.2, 0.25) is 0 Å². The van der Waals surface area contributed by atoms with Crippen LogP contribution in [0.4, 0.5) is 4.39 Å². The van der Waals surface area contributed by atoms with Crippen LogP contribution in [-0.2, 0) is 6.42 Å². The van der Waals surface area contributed by atoms with Gasteiger partial charge in [-0.05, 0) is 54.0 Å². The first kappa shape index (κ1) is 13.3. The zero-order chi connectivity index (χ0) is 12.3. The second-order valence-electron chi connectivity index (χ2n) is 4.38. The molecule has 0 bridgehead atoms. The van der Waals surface area contributed by atoms with Crippen molar-refractivity contribution in [3.05, 3.63) is 34.1 Å². The van der Waals surface area contributed by atoms with Crippen molar-refractivity contribution in [3.63, 3.8) is 0 Å². The second kappa shape index (κ2) is 6.18. The van der Waals surface area contributed by atoms with Crippen LogP contribution in [-0.4, -0.2) is 17.5 Å². The van der Waals surface area contributed by atoms with Crippen LogP contribution in [0.5, 0.6) is 0 Å². The monoisotopic (exact) mass is 318 g/mol. The van der Waals surface area contributed by atoms with Crippen LogP contribution in [0.25, 0.3) is 0 Å². The predicted octanol–water partition coefficient (Wildman–Crippen LogP) is 2.72. The highest BCUT2D eigenvalue weighted by molar-refractivity contribution is 9.10. The third kappa shape index (κ3) is 3.68. The van der Waals surface area contributed by atoms with Gasteiger partial charge in [0.15, 0.2) is 0 Å². The van der Waals surface area contributed by atoms with E-state index in [4.69, 9.17) is 5.84 Å². The molecule has 2 unspecified atom stereocenters. The van der Waals surface area contributed by atoms with Crippen molar-refractivity contribution in [1.29, 1.82) is 0 Å². The summed E-state index contributed by atoms with van der Waals surface area (Å²) in [6.07, 6.45) is 1.97. The molecular weight excluding hydrogens is 303 g/mol. The lowest BCUT2D eigenvalue weighted by atomic mass is 9.93. The van der Waals surface area contributed by atoms with Gasteiger partial charge in [0.25, 0.3) is 0 Å². The lowest BCUT2D eigenvalue weighted by Gasteiger charge is -2.22. The molecule has 2 atom stereocenters. The summed E-state index contributed by atoms with van der Waals surface area (Å²) in [6.45, 7) is 0. The lowest BCUT2D eigenvalue weighted by Crippen LogP contribution is -2.42. The Morgan fingerprint density at radius 2 is 2.35 bits per heavy atom. The summed E-state index contributed by atoms with van der Waals surface area (Å²) < 4.78 is 14.1. The first-order chi connectivity index (χ1) is 8.19. The van der Waals surface area contributed by atoms with Gasteiger partial charge in [-0.25, -0.2) is 4.39 Å². The number of hydrazine groups is 1. The van der Waals surface area contributed by atoms with E-state index in [-0.39, 0.29) is 11.9 Å². The highest BCUT2D eigenvalue weighted by Gasteiger charge is 2.24. The topological polar surface area (TPSA) is 38.0 Å². The number of thioether (sulfide) groups is 1. The zero-order valence-electron chi connectivity index (χ0n) is 9.46. The van der Waals surface area contributed by atoms with Crippen LogP contribution in [0.1, 0.15) is 12.0 Å². The van der Waals surface area contributed by atoms with Crippen molar-refractivity contribution in [2.45, 2.75) is 18.9 Å². The molecule has 0 radical (unpaired) electrons. The number of nitrogens with two attached hydrogens (primary N) is 1. The Morgan fingerprint density at radius 3 is 2.94 bits per heavy atom. The van der Waals surface area contributed by atoms with Crippen LogP contribution in [0.3, 0.4) is 0 Å². The minimum atomic E-state index is -0.203. The molecule has 2 nitrogen and oxygen atoms in total. The molecule has 3 N–H and O–H groups in total. The SMILES string of the molecule is NNC(Cc1cc(F)cc(Br)c1)C1CCSC1. The van der Waals surface area contributed by atoms with Crippen LogP contribution < -0.4 is 11.3 Å². The van der Waals surface area contributed by atoms with E-state index in [9.17, 15) is 4.39 Å². The predicted molar refractivity (Wildman–Crippen MR) is 74.3 cm³/mol. The summed E-state index contributed by atoms with van der Waals surface area (Å²) in [5.74, 6) is 8.35. The van der Waals surface area contributed by atoms with Crippen molar-refractivity contribution >= 4 is 27.7 Å². The van der Waals surface area contributed by atoms with E-state index in [0.717, 1.165) is 22.2 Å². The summed E-state index contributed by atoms with van der Waals surface area (Å²) in [5.41, 5.74) is 3.86. The number of benzene rings is 1. The standard InChI is InChI=1S/C12H16BrFN2S/c13-10-3-8(4-11(14)6-10)5-12(16-15)9-1-2-17-7-9/h3-4,6,9,12,16H,1-2,5,7,15H2. The van der Waals surface area contributed by atoms with Crippen molar-refractivity contribution in [3.8, 4) is 0 Å². The van der Waals surface area contributed by atoms with Gasteiger partial charge in [-0.1, -0.05) is 15.9 Å². The number of hydrogen-bond donors (Lipinski definition) is 2. The zero-order valence-corrected chi connectivity index (χ0v) is 11.9. The minimum Gasteiger partial charge on any atom is -0.271 e. The molecule has 1 saturated heterocycles. The molecule has 94 valence electrons. The third-order valence-corrected chi connectivity index (χ3v) is 4.77. The van der Waals surface area contributed by atoms with Gasteiger partial charge in [-0.3, -0.25) is 11.3 Å². The molecular formula is C12H16BrFN2S. The van der Waals surface area contributed by atoms with E-state index in [1.807, 2.05) is 17.8 Å². The average Bonchev–Trinajstić information content (AvgIpc) is 2.77. The molecule has 1 aliphatic rings. The Bertz CT molecular complexity index is 363. The molecule has 0 amide bonds. The smallest absolute Gasteiger partial charge is 0.124 e. The Kier molecular flexibility index (Phi) is 4.85. The number of nitrogens with one attached hydrogen (secondary N) is 1. The third-order valence-electron chi connectivity index (χ3n) is 3.13. The van der Waals surface area contributed by atoms with Gasteiger partial charge in [0.1, 0.15) is 5.82 Å². The Hall–Kier alpha value is -0.100. The second-order valence-corrected chi connectivity index (χ2v) is 6.44. The van der Waals surface area contributed by atoms with E-state index < -0.39 is 0 Å². The minimum absolute atomic E-state index is 0.203. The molecule has 1 fully saturated rings. The summed E-state index contributed by atoms with van der Waals surface area (Å²) in [5, 5.41) is 0. The fourth-order valence-corrected chi connectivity index (χ4v) is 4.07. The highest BCUT2D eigenvalue weighted by Crippen LogP contribution is 2.28. The van der Waals surface area contributed by atoms with Crippen LogP contribution in [0.2, 0.25) is 0 Å². The number of halogens is 2. The molecule has 2 rings (SSSR count). The number of rotatable bonds is 4. The molecule has 5 heteroatoms. The Morgan fingerprint density at radius 1 is 1.53 bits per heavy atom. The molecule has 1 aromatic rings. The molecule has 17 heavy (non-hydrogen) atoms. The van der Waals surface area contributed by atoms with Gasteiger partial charge in [0.05, 0.1) is 0 Å². The van der Waals surface area contributed by atoms with Crippen molar-refractivity contribution in [1.82, 2.24) is 5.43 Å². The molecule has 0 spiro atoms. The van der Waals surface area contributed by atoms with Crippen LogP contribution in [0.15, 0.2) is 22.7 Å². The maximum Gasteiger partial charge on any atom is 0.124 e. The number of hydrogen-bond acceptors (Lipinski definition) is 3. The Balaban J connectivity index is 2.06. The first-order valence-electron chi connectivity index (χ1n) is 5.68. The molecule has 0 aliphatic carbocycles. The first-order valence-corrected chi connectivity index (χ1v) is 7.62. The van der Waals surface area contributed by atoms with Crippen molar-refractivity contribution in [2.75, 3.05) is 11.5 Å². The van der Waals surface area contributed by atoms with E-state index in [1.54, 1.807) is 6.07 Å². The van der Waals surface area contributed by atoms with E-state index >= 15 is 0 Å². The maximum absolute atomic E-state index is 13.3. The van der Waals surface area contributed by atoms with E-state index in [2.05, 4.69) is 21.4 Å². The van der Waals surface area contributed by atoms with Crippen molar-refractivity contribution < 1.29 is 4.39 Å². The fraction of sp³-hybridized carbons (Fsp3) is 0.500. The van der Waals surface area contributed by atoms with Gasteiger partial charge in [-0.2, -0.15) is 11.8 Å². The summed E-state index contributed by atoms with van der Waals surface area (Å²) in [4.78, 5) is 0. The van der Waals surface area contributed by atoms with Gasteiger partial charge < -0.3 is 0 Å². The molecule has 1 heterocycles. The van der Waals surface area contributed by atoms with Crippen LogP contribution in [0, 0.1) is 11.7 Å². The quantitative estimate of drug-likeness (QED) is 0.662.